The highest BCUT2D eigenvalue weighted by molar-refractivity contribution is 6.11. The third kappa shape index (κ3) is 1.21. The van der Waals surface area contributed by atoms with Crippen LogP contribution in [0.3, 0.4) is 0 Å². The van der Waals surface area contributed by atoms with E-state index >= 15 is 0 Å². The fourth-order valence-corrected chi connectivity index (χ4v) is 1.23. The van der Waals surface area contributed by atoms with E-state index in [2.05, 4.69) is 0 Å². The average Bonchev–Trinajstić information content (AvgIpc) is 2.54. The van der Waals surface area contributed by atoms with Crippen molar-refractivity contribution in [3.63, 3.8) is 0 Å². The first-order valence-corrected chi connectivity index (χ1v) is 3.85. The van der Waals surface area contributed by atoms with Gasteiger partial charge in [0.1, 0.15) is 0 Å². The minimum absolute atomic E-state index is 0.0776. The van der Waals surface area contributed by atoms with E-state index in [0.717, 1.165) is 11.1 Å². The Balaban J connectivity index is 2.40. The molecule has 0 amide bonds. The molecule has 1 aliphatic carbocycles. The first kappa shape index (κ1) is 7.04. The smallest absolute Gasteiger partial charge is 0.179 e. The van der Waals surface area contributed by atoms with E-state index in [-0.39, 0.29) is 5.78 Å². The molecule has 0 atom stereocenters. The van der Waals surface area contributed by atoms with E-state index < -0.39 is 0 Å². The van der Waals surface area contributed by atoms with Crippen LogP contribution in [0.5, 0.6) is 0 Å². The Morgan fingerprint density at radius 2 is 1.67 bits per heavy atom. The van der Waals surface area contributed by atoms with Crippen LogP contribution in [0.4, 0.5) is 0 Å². The molecule has 0 fully saturated rings. The van der Waals surface area contributed by atoms with Crippen molar-refractivity contribution in [1.29, 1.82) is 0 Å². The van der Waals surface area contributed by atoms with Crippen molar-refractivity contribution in [2.24, 2.45) is 0 Å². The molecule has 0 bridgehead atoms. The highest BCUT2D eigenvalue weighted by Gasteiger charge is 2.05. The fourth-order valence-electron chi connectivity index (χ4n) is 1.23. The van der Waals surface area contributed by atoms with Gasteiger partial charge in [-0.1, -0.05) is 36.4 Å². The van der Waals surface area contributed by atoms with Crippen LogP contribution in [0.25, 0.3) is 5.57 Å². The summed E-state index contributed by atoms with van der Waals surface area (Å²) in [6.07, 6.45) is 5.08. The molecule has 1 aliphatic rings. The first-order valence-electron chi connectivity index (χ1n) is 3.85. The molecule has 0 aromatic heterocycles. The molecular formula is C11H8O. The molecule has 0 spiro atoms. The van der Waals surface area contributed by atoms with Crippen LogP contribution in [-0.2, 0) is 4.79 Å². The summed E-state index contributed by atoms with van der Waals surface area (Å²) in [7, 11) is 0. The topological polar surface area (TPSA) is 17.1 Å². The van der Waals surface area contributed by atoms with Gasteiger partial charge in [0.15, 0.2) is 5.78 Å². The van der Waals surface area contributed by atoms with Crippen molar-refractivity contribution < 1.29 is 4.79 Å². The number of rotatable bonds is 1. The SMILES string of the molecule is O=C1C=CC(c2ccccc2)=C1. The first-order chi connectivity index (χ1) is 5.86. The summed E-state index contributed by atoms with van der Waals surface area (Å²) >= 11 is 0. The number of allylic oxidation sites excluding steroid dienone is 4. The number of carbonyl (C=O) groups is 1. The van der Waals surface area contributed by atoms with E-state index in [0.29, 0.717) is 0 Å². The van der Waals surface area contributed by atoms with Gasteiger partial charge in [-0.05, 0) is 23.3 Å². The van der Waals surface area contributed by atoms with Crippen LogP contribution in [0.15, 0.2) is 48.6 Å². The lowest BCUT2D eigenvalue weighted by atomic mass is 10.1. The fraction of sp³-hybridized carbons (Fsp3) is 0. The maximum Gasteiger partial charge on any atom is 0.179 e. The Bertz CT molecular complexity index is 358. The Kier molecular flexibility index (Phi) is 1.63. The predicted molar refractivity (Wildman–Crippen MR) is 48.6 cm³/mol. The van der Waals surface area contributed by atoms with Gasteiger partial charge in [-0.15, -0.1) is 0 Å². The summed E-state index contributed by atoms with van der Waals surface area (Å²) in [5.41, 5.74) is 2.10. The Labute approximate surface area is 71.0 Å². The standard InChI is InChI=1S/C11H8O/c12-11-7-6-10(8-11)9-4-2-1-3-5-9/h1-8H. The van der Waals surface area contributed by atoms with Crippen LogP contribution in [0, 0.1) is 0 Å². The van der Waals surface area contributed by atoms with Gasteiger partial charge in [-0.2, -0.15) is 0 Å². The molecule has 0 radical (unpaired) electrons. The lowest BCUT2D eigenvalue weighted by molar-refractivity contribution is -0.110. The second-order valence-corrected chi connectivity index (χ2v) is 2.70. The lowest BCUT2D eigenvalue weighted by Gasteiger charge is -1.96. The summed E-state index contributed by atoms with van der Waals surface area (Å²) in [6.45, 7) is 0. The zero-order valence-electron chi connectivity index (χ0n) is 6.53. The van der Waals surface area contributed by atoms with Crippen molar-refractivity contribution >= 4 is 11.4 Å². The van der Waals surface area contributed by atoms with Crippen molar-refractivity contribution in [2.45, 2.75) is 0 Å². The van der Waals surface area contributed by atoms with Crippen molar-refractivity contribution in [3.8, 4) is 0 Å². The van der Waals surface area contributed by atoms with Gasteiger partial charge in [0.05, 0.1) is 0 Å². The summed E-state index contributed by atoms with van der Waals surface area (Å²) < 4.78 is 0. The molecule has 1 aromatic carbocycles. The van der Waals surface area contributed by atoms with E-state index in [4.69, 9.17) is 0 Å². The van der Waals surface area contributed by atoms with Crippen LogP contribution in [-0.4, -0.2) is 5.78 Å². The summed E-state index contributed by atoms with van der Waals surface area (Å²) in [5, 5.41) is 0. The van der Waals surface area contributed by atoms with Crippen LogP contribution in [0.1, 0.15) is 5.56 Å². The summed E-state index contributed by atoms with van der Waals surface area (Å²) in [5.74, 6) is 0.0776. The van der Waals surface area contributed by atoms with Gasteiger partial charge < -0.3 is 0 Å². The number of benzene rings is 1. The Morgan fingerprint density at radius 1 is 0.917 bits per heavy atom. The minimum atomic E-state index is 0.0776. The Morgan fingerprint density at radius 3 is 2.25 bits per heavy atom. The molecule has 0 unspecified atom stereocenters. The molecule has 1 nitrogen and oxygen atoms in total. The van der Waals surface area contributed by atoms with Gasteiger partial charge in [-0.3, -0.25) is 4.79 Å². The molecule has 58 valence electrons. The van der Waals surface area contributed by atoms with Gasteiger partial charge in [0, 0.05) is 0 Å². The summed E-state index contributed by atoms with van der Waals surface area (Å²) in [4.78, 5) is 10.9. The predicted octanol–water partition coefficient (Wildman–Crippen LogP) is 2.21. The molecule has 2 rings (SSSR count). The third-order valence-electron chi connectivity index (χ3n) is 1.83. The third-order valence-corrected chi connectivity index (χ3v) is 1.83. The molecular weight excluding hydrogens is 148 g/mol. The van der Waals surface area contributed by atoms with Gasteiger partial charge in [0.25, 0.3) is 0 Å². The molecule has 12 heavy (non-hydrogen) atoms. The van der Waals surface area contributed by atoms with Crippen molar-refractivity contribution in [1.82, 2.24) is 0 Å². The van der Waals surface area contributed by atoms with Crippen molar-refractivity contribution in [3.05, 3.63) is 54.1 Å². The molecule has 0 saturated heterocycles. The molecule has 0 aliphatic heterocycles. The molecule has 0 N–H and O–H groups in total. The second-order valence-electron chi connectivity index (χ2n) is 2.70. The van der Waals surface area contributed by atoms with Gasteiger partial charge in [-0.25, -0.2) is 0 Å². The number of ketones is 1. The van der Waals surface area contributed by atoms with Gasteiger partial charge >= 0.3 is 0 Å². The van der Waals surface area contributed by atoms with E-state index in [1.807, 2.05) is 36.4 Å². The zero-order valence-corrected chi connectivity index (χ0v) is 6.53. The highest BCUT2D eigenvalue weighted by atomic mass is 16.1. The summed E-state index contributed by atoms with van der Waals surface area (Å²) in [6, 6.07) is 9.88. The van der Waals surface area contributed by atoms with Crippen LogP contribution < -0.4 is 0 Å². The normalized spacial score (nSPS) is 15.0. The zero-order chi connectivity index (χ0) is 8.39. The minimum Gasteiger partial charge on any atom is -0.290 e. The number of hydrogen-bond acceptors (Lipinski definition) is 1. The van der Waals surface area contributed by atoms with Gasteiger partial charge in [0.2, 0.25) is 0 Å². The molecule has 1 heteroatoms. The average molecular weight is 156 g/mol. The maximum absolute atomic E-state index is 10.9. The lowest BCUT2D eigenvalue weighted by Crippen LogP contribution is -1.79. The monoisotopic (exact) mass is 156 g/mol. The quantitative estimate of drug-likeness (QED) is 0.609. The van der Waals surface area contributed by atoms with E-state index in [1.54, 1.807) is 12.2 Å². The van der Waals surface area contributed by atoms with Crippen LogP contribution in [0.2, 0.25) is 0 Å². The Hall–Kier alpha value is -1.63. The number of carbonyl (C=O) groups excluding carboxylic acids is 1. The maximum atomic E-state index is 10.9. The highest BCUT2D eigenvalue weighted by Crippen LogP contribution is 2.19. The van der Waals surface area contributed by atoms with Crippen molar-refractivity contribution in [2.75, 3.05) is 0 Å². The second kappa shape index (κ2) is 2.78. The number of hydrogen-bond donors (Lipinski definition) is 0. The largest absolute Gasteiger partial charge is 0.290 e. The van der Waals surface area contributed by atoms with E-state index in [1.165, 1.54) is 0 Å². The van der Waals surface area contributed by atoms with Crippen LogP contribution >= 0.6 is 0 Å². The molecule has 0 heterocycles. The molecule has 1 aromatic rings. The molecule has 0 saturated carbocycles. The van der Waals surface area contributed by atoms with E-state index in [9.17, 15) is 4.79 Å².